The van der Waals surface area contributed by atoms with E-state index in [1.807, 2.05) is 12.1 Å². The maximum Gasteiger partial charge on any atom is 0.270 e. The number of carbonyl (C=O) groups is 2. The third kappa shape index (κ3) is 4.03. The first kappa shape index (κ1) is 22.0. The van der Waals surface area contributed by atoms with Crippen LogP contribution in [-0.4, -0.2) is 46.0 Å². The number of aryl methyl sites for hydroxylation is 1. The third-order valence-electron chi connectivity index (χ3n) is 7.84. The zero-order valence-corrected chi connectivity index (χ0v) is 19.7. The molecule has 1 aromatic carbocycles. The number of carbonyl (C=O) groups excluding carboxylic acids is 2. The number of nitrogens with one attached hydrogen (secondary N) is 2. The number of anilines is 1. The van der Waals surface area contributed by atoms with Crippen LogP contribution in [0.3, 0.4) is 0 Å². The number of fused-ring (bicyclic) bond motifs is 1. The molecule has 6 rings (SSSR count). The van der Waals surface area contributed by atoms with Gasteiger partial charge in [0.1, 0.15) is 17.5 Å². The molecule has 1 unspecified atom stereocenters. The maximum atomic E-state index is 13.8. The minimum atomic E-state index is -0.758. The van der Waals surface area contributed by atoms with Crippen LogP contribution in [0.4, 0.5) is 5.82 Å². The summed E-state index contributed by atoms with van der Waals surface area (Å²) in [5.41, 5.74) is 2.80. The lowest BCUT2D eigenvalue weighted by atomic mass is 9.82. The van der Waals surface area contributed by atoms with Crippen molar-refractivity contribution in [2.75, 3.05) is 18.5 Å². The molecule has 3 aliphatic rings. The number of amides is 2. The number of hydrogen-bond acceptors (Lipinski definition) is 6. The Balaban J connectivity index is 1.29. The molecule has 3 heterocycles. The third-order valence-corrected chi connectivity index (χ3v) is 7.84. The summed E-state index contributed by atoms with van der Waals surface area (Å²) in [6.07, 6.45) is 6.31. The van der Waals surface area contributed by atoms with E-state index >= 15 is 0 Å². The first-order valence-electron chi connectivity index (χ1n) is 12.3. The van der Waals surface area contributed by atoms with E-state index in [0.717, 1.165) is 43.4 Å². The van der Waals surface area contributed by atoms with Crippen molar-refractivity contribution in [1.82, 2.24) is 20.3 Å². The average Bonchev–Trinajstić information content (AvgIpc) is 3.19. The molecule has 9 nitrogen and oxygen atoms in total. The standard InChI is InChI=1S/C26H29N5O4/c1-31-19(6-11-27-31)24(32)29-23(22-18-5-3-2-4-17(18)15-26(22)9-10-26)25(33)28-21-14-20(35-30-21)16-7-12-34-13-8-16/h2-6,11,14,16,22-23H,7-10,12-13,15H2,1H3,(H,29,32)(H,28,30,33)/t22?,23-/m0/s1. The Morgan fingerprint density at radius 2 is 1.97 bits per heavy atom. The highest BCUT2D eigenvalue weighted by Gasteiger charge is 2.58. The van der Waals surface area contributed by atoms with Gasteiger partial charge < -0.3 is 19.9 Å². The van der Waals surface area contributed by atoms with Crippen molar-refractivity contribution in [3.63, 3.8) is 0 Å². The summed E-state index contributed by atoms with van der Waals surface area (Å²) in [5, 5.41) is 14.2. The van der Waals surface area contributed by atoms with Gasteiger partial charge in [0.05, 0.1) is 0 Å². The highest BCUT2D eigenvalue weighted by atomic mass is 16.5. The minimum Gasteiger partial charge on any atom is -0.381 e. The van der Waals surface area contributed by atoms with Crippen LogP contribution in [0.25, 0.3) is 0 Å². The molecule has 1 saturated heterocycles. The maximum absolute atomic E-state index is 13.8. The second-order valence-electron chi connectivity index (χ2n) is 10.00. The fraction of sp³-hybridized carbons (Fsp3) is 0.462. The number of hydrogen-bond donors (Lipinski definition) is 2. The number of ether oxygens (including phenoxy) is 1. The monoisotopic (exact) mass is 475 g/mol. The number of benzene rings is 1. The van der Waals surface area contributed by atoms with Gasteiger partial charge in [-0.2, -0.15) is 5.10 Å². The number of nitrogens with zero attached hydrogens (tertiary/aromatic N) is 3. The Labute approximate surface area is 203 Å². The van der Waals surface area contributed by atoms with Crippen LogP contribution in [0.5, 0.6) is 0 Å². The molecule has 0 radical (unpaired) electrons. The minimum absolute atomic E-state index is 0.00249. The van der Waals surface area contributed by atoms with Gasteiger partial charge >= 0.3 is 0 Å². The predicted molar refractivity (Wildman–Crippen MR) is 127 cm³/mol. The van der Waals surface area contributed by atoms with Gasteiger partial charge in [0.2, 0.25) is 5.91 Å². The molecule has 1 aliphatic heterocycles. The molecule has 9 heteroatoms. The van der Waals surface area contributed by atoms with E-state index in [4.69, 9.17) is 9.26 Å². The van der Waals surface area contributed by atoms with Crippen molar-refractivity contribution >= 4 is 17.6 Å². The highest BCUT2D eigenvalue weighted by molar-refractivity contribution is 6.01. The van der Waals surface area contributed by atoms with Crippen LogP contribution in [0.1, 0.15) is 64.9 Å². The molecule has 2 amide bonds. The Morgan fingerprint density at radius 1 is 1.17 bits per heavy atom. The van der Waals surface area contributed by atoms with Gasteiger partial charge in [-0.1, -0.05) is 29.4 Å². The van der Waals surface area contributed by atoms with Crippen LogP contribution in [-0.2, 0) is 23.0 Å². The molecule has 1 spiro atoms. The molecule has 3 aromatic rings. The fourth-order valence-electron chi connectivity index (χ4n) is 5.84. The van der Waals surface area contributed by atoms with Crippen LogP contribution in [0.15, 0.2) is 47.1 Å². The Bertz CT molecular complexity index is 1250. The van der Waals surface area contributed by atoms with Gasteiger partial charge in [-0.3, -0.25) is 14.3 Å². The van der Waals surface area contributed by atoms with Gasteiger partial charge in [-0.25, -0.2) is 0 Å². The summed E-state index contributed by atoms with van der Waals surface area (Å²) in [4.78, 5) is 27.0. The average molecular weight is 476 g/mol. The van der Waals surface area contributed by atoms with Crippen LogP contribution < -0.4 is 10.6 Å². The quantitative estimate of drug-likeness (QED) is 0.567. The smallest absolute Gasteiger partial charge is 0.270 e. The van der Waals surface area contributed by atoms with E-state index < -0.39 is 6.04 Å². The molecular formula is C26H29N5O4. The molecule has 0 bridgehead atoms. The Kier molecular flexibility index (Phi) is 5.44. The molecule has 2 atom stereocenters. The first-order chi connectivity index (χ1) is 17.0. The summed E-state index contributed by atoms with van der Waals surface area (Å²) in [7, 11) is 1.71. The van der Waals surface area contributed by atoms with Crippen molar-refractivity contribution in [1.29, 1.82) is 0 Å². The molecule has 182 valence electrons. The summed E-state index contributed by atoms with van der Waals surface area (Å²) >= 11 is 0. The van der Waals surface area contributed by atoms with Gasteiger partial charge in [0.25, 0.3) is 5.91 Å². The van der Waals surface area contributed by atoms with Gasteiger partial charge in [-0.05, 0) is 54.7 Å². The SMILES string of the molecule is Cn1nccc1C(=O)N[C@H](C(=O)Nc1cc(C2CCOCC2)on1)C1c2ccccc2CC12CC2. The second kappa shape index (κ2) is 8.64. The van der Waals surface area contributed by atoms with Crippen molar-refractivity contribution in [2.24, 2.45) is 12.5 Å². The van der Waals surface area contributed by atoms with E-state index in [0.29, 0.717) is 24.7 Å². The predicted octanol–water partition coefficient (Wildman–Crippen LogP) is 3.16. The zero-order chi connectivity index (χ0) is 24.0. The van der Waals surface area contributed by atoms with E-state index in [-0.39, 0.29) is 29.1 Å². The first-order valence-corrected chi connectivity index (χ1v) is 12.3. The lowest BCUT2D eigenvalue weighted by molar-refractivity contribution is -0.119. The number of rotatable bonds is 6. The van der Waals surface area contributed by atoms with E-state index in [9.17, 15) is 9.59 Å². The Hall–Kier alpha value is -3.46. The van der Waals surface area contributed by atoms with Gasteiger partial charge in [-0.15, -0.1) is 0 Å². The molecular weight excluding hydrogens is 446 g/mol. The lowest BCUT2D eigenvalue weighted by Gasteiger charge is -2.29. The van der Waals surface area contributed by atoms with Gasteiger partial charge in [0.15, 0.2) is 5.82 Å². The molecule has 2 aliphatic carbocycles. The summed E-state index contributed by atoms with van der Waals surface area (Å²) in [5.74, 6) is 0.626. The lowest BCUT2D eigenvalue weighted by Crippen LogP contribution is -2.49. The molecule has 1 saturated carbocycles. The fourth-order valence-corrected chi connectivity index (χ4v) is 5.84. The van der Waals surface area contributed by atoms with Crippen molar-refractivity contribution in [3.05, 3.63) is 65.2 Å². The van der Waals surface area contributed by atoms with Crippen molar-refractivity contribution < 1.29 is 18.8 Å². The normalized spacial score (nSPS) is 21.5. The highest BCUT2D eigenvalue weighted by Crippen LogP contribution is 2.64. The van der Waals surface area contributed by atoms with Gasteiger partial charge in [0, 0.05) is 44.4 Å². The molecule has 2 fully saturated rings. The van der Waals surface area contributed by atoms with E-state index in [2.05, 4.69) is 33.0 Å². The largest absolute Gasteiger partial charge is 0.381 e. The van der Waals surface area contributed by atoms with E-state index in [1.54, 1.807) is 25.4 Å². The summed E-state index contributed by atoms with van der Waals surface area (Å²) < 4.78 is 12.5. The molecule has 35 heavy (non-hydrogen) atoms. The van der Waals surface area contributed by atoms with E-state index in [1.165, 1.54) is 10.2 Å². The zero-order valence-electron chi connectivity index (χ0n) is 19.7. The van der Waals surface area contributed by atoms with Crippen LogP contribution in [0.2, 0.25) is 0 Å². The Morgan fingerprint density at radius 3 is 2.71 bits per heavy atom. The second-order valence-corrected chi connectivity index (χ2v) is 10.00. The molecule has 2 aromatic heterocycles. The van der Waals surface area contributed by atoms with Crippen molar-refractivity contribution in [3.8, 4) is 0 Å². The van der Waals surface area contributed by atoms with Crippen LogP contribution in [0, 0.1) is 5.41 Å². The van der Waals surface area contributed by atoms with Crippen LogP contribution >= 0.6 is 0 Å². The summed E-state index contributed by atoms with van der Waals surface area (Å²) in [6.45, 7) is 1.39. The molecule has 2 N–H and O–H groups in total. The topological polar surface area (TPSA) is 111 Å². The van der Waals surface area contributed by atoms with Crippen molar-refractivity contribution in [2.45, 2.75) is 50.0 Å². The number of aromatic nitrogens is 3. The summed E-state index contributed by atoms with van der Waals surface area (Å²) in [6, 6.07) is 10.9.